The minimum absolute atomic E-state index is 0.204. The zero-order chi connectivity index (χ0) is 12.5. The van der Waals surface area contributed by atoms with Gasteiger partial charge in [0.1, 0.15) is 5.82 Å². The highest BCUT2D eigenvalue weighted by Crippen LogP contribution is 2.22. The number of aryl methyl sites for hydroxylation is 1. The number of hydrogen-bond donors (Lipinski definition) is 1. The monoisotopic (exact) mass is 223 g/mol. The van der Waals surface area contributed by atoms with Gasteiger partial charge < -0.3 is 5.73 Å². The summed E-state index contributed by atoms with van der Waals surface area (Å²) in [6, 6.07) is 3.57. The maximum atomic E-state index is 13.1. The molecule has 88 valence electrons. The average Bonchev–Trinajstić information content (AvgIpc) is 2.18. The molecule has 16 heavy (non-hydrogen) atoms. The van der Waals surface area contributed by atoms with Crippen molar-refractivity contribution >= 4 is 5.78 Å². The van der Waals surface area contributed by atoms with Gasteiger partial charge in [-0.15, -0.1) is 0 Å². The molecule has 1 atom stereocenters. The van der Waals surface area contributed by atoms with Crippen LogP contribution in [-0.2, 0) is 0 Å². The van der Waals surface area contributed by atoms with Crippen LogP contribution in [-0.4, -0.2) is 11.8 Å². The minimum Gasteiger partial charge on any atom is -0.321 e. The molecule has 0 radical (unpaired) electrons. The Hall–Kier alpha value is -1.22. The first-order chi connectivity index (χ1) is 7.23. The molecule has 3 heteroatoms. The van der Waals surface area contributed by atoms with Gasteiger partial charge in [0.25, 0.3) is 0 Å². The minimum atomic E-state index is -0.618. The smallest absolute Gasteiger partial charge is 0.180 e. The van der Waals surface area contributed by atoms with Crippen molar-refractivity contribution in [2.45, 2.75) is 33.7 Å². The average molecular weight is 223 g/mol. The lowest BCUT2D eigenvalue weighted by Crippen LogP contribution is -2.42. The van der Waals surface area contributed by atoms with Gasteiger partial charge in [0.2, 0.25) is 0 Å². The molecule has 0 bridgehead atoms. The standard InChI is InChI=1S/C13H18FNO/c1-8-5-6-9(14)7-10(8)11(16)12(15)13(2,3)4/h5-7,12H,15H2,1-4H3. The summed E-state index contributed by atoms with van der Waals surface area (Å²) in [7, 11) is 0. The van der Waals surface area contributed by atoms with Crippen LogP contribution in [0.3, 0.4) is 0 Å². The van der Waals surface area contributed by atoms with Crippen LogP contribution >= 0.6 is 0 Å². The third-order valence-electron chi connectivity index (χ3n) is 2.68. The fourth-order valence-electron chi connectivity index (χ4n) is 1.42. The van der Waals surface area contributed by atoms with E-state index in [0.717, 1.165) is 5.56 Å². The van der Waals surface area contributed by atoms with Gasteiger partial charge in [0.05, 0.1) is 6.04 Å². The molecular weight excluding hydrogens is 205 g/mol. The van der Waals surface area contributed by atoms with E-state index in [1.54, 1.807) is 13.0 Å². The van der Waals surface area contributed by atoms with Crippen molar-refractivity contribution in [1.29, 1.82) is 0 Å². The fraction of sp³-hybridized carbons (Fsp3) is 0.462. The molecule has 1 unspecified atom stereocenters. The molecule has 0 fully saturated rings. The fourth-order valence-corrected chi connectivity index (χ4v) is 1.42. The molecular formula is C13H18FNO. The number of nitrogens with two attached hydrogens (primary N) is 1. The van der Waals surface area contributed by atoms with Crippen molar-refractivity contribution in [2.24, 2.45) is 11.1 Å². The molecule has 1 aromatic carbocycles. The van der Waals surface area contributed by atoms with Gasteiger partial charge in [0.15, 0.2) is 5.78 Å². The van der Waals surface area contributed by atoms with Crippen molar-refractivity contribution in [2.75, 3.05) is 0 Å². The molecule has 0 heterocycles. The van der Waals surface area contributed by atoms with Crippen LogP contribution in [0.15, 0.2) is 18.2 Å². The Morgan fingerprint density at radius 1 is 1.38 bits per heavy atom. The predicted molar refractivity (Wildman–Crippen MR) is 62.9 cm³/mol. The van der Waals surface area contributed by atoms with E-state index in [4.69, 9.17) is 5.73 Å². The zero-order valence-corrected chi connectivity index (χ0v) is 10.2. The Morgan fingerprint density at radius 3 is 2.44 bits per heavy atom. The van der Waals surface area contributed by atoms with Crippen molar-refractivity contribution < 1.29 is 9.18 Å². The Bertz CT molecular complexity index is 407. The predicted octanol–water partition coefficient (Wildman–Crippen LogP) is 2.69. The van der Waals surface area contributed by atoms with Crippen molar-refractivity contribution in [3.05, 3.63) is 35.1 Å². The Morgan fingerprint density at radius 2 is 1.94 bits per heavy atom. The molecule has 0 saturated heterocycles. The van der Waals surface area contributed by atoms with Gasteiger partial charge in [-0.3, -0.25) is 4.79 Å². The van der Waals surface area contributed by atoms with Gasteiger partial charge in [-0.2, -0.15) is 0 Å². The van der Waals surface area contributed by atoms with E-state index in [1.807, 2.05) is 20.8 Å². The Kier molecular flexibility index (Phi) is 3.48. The highest BCUT2D eigenvalue weighted by atomic mass is 19.1. The molecule has 2 nitrogen and oxygen atoms in total. The second-order valence-electron chi connectivity index (χ2n) is 5.17. The second-order valence-corrected chi connectivity index (χ2v) is 5.17. The molecule has 0 aliphatic heterocycles. The molecule has 0 amide bonds. The summed E-state index contributed by atoms with van der Waals surface area (Å²) in [4.78, 5) is 12.1. The number of rotatable bonds is 2. The number of Topliss-reactive ketones (excluding diaryl/α,β-unsaturated/α-hetero) is 1. The lowest BCUT2D eigenvalue weighted by molar-refractivity contribution is 0.0900. The van der Waals surface area contributed by atoms with Crippen LogP contribution in [0.25, 0.3) is 0 Å². The zero-order valence-electron chi connectivity index (χ0n) is 10.2. The largest absolute Gasteiger partial charge is 0.321 e. The number of benzene rings is 1. The first kappa shape index (κ1) is 12.8. The highest BCUT2D eigenvalue weighted by Gasteiger charge is 2.29. The van der Waals surface area contributed by atoms with Crippen LogP contribution in [0.1, 0.15) is 36.7 Å². The maximum absolute atomic E-state index is 13.1. The molecule has 0 aromatic heterocycles. The van der Waals surface area contributed by atoms with Crippen LogP contribution in [0.2, 0.25) is 0 Å². The topological polar surface area (TPSA) is 43.1 Å². The van der Waals surface area contributed by atoms with Gasteiger partial charge in [-0.05, 0) is 30.0 Å². The number of ketones is 1. The molecule has 0 aliphatic carbocycles. The van der Waals surface area contributed by atoms with Gasteiger partial charge in [0, 0.05) is 5.56 Å². The molecule has 1 rings (SSSR count). The van der Waals surface area contributed by atoms with E-state index < -0.39 is 11.9 Å². The van der Waals surface area contributed by atoms with Crippen LogP contribution in [0, 0.1) is 18.2 Å². The van der Waals surface area contributed by atoms with Crippen molar-refractivity contribution in [1.82, 2.24) is 0 Å². The van der Waals surface area contributed by atoms with E-state index in [1.165, 1.54) is 12.1 Å². The molecule has 0 spiro atoms. The van der Waals surface area contributed by atoms with E-state index >= 15 is 0 Å². The molecule has 2 N–H and O–H groups in total. The number of carbonyl (C=O) groups is 1. The quantitative estimate of drug-likeness (QED) is 0.783. The molecule has 0 saturated carbocycles. The number of carbonyl (C=O) groups excluding carboxylic acids is 1. The van der Waals surface area contributed by atoms with E-state index in [-0.39, 0.29) is 11.2 Å². The molecule has 0 aliphatic rings. The number of halogens is 1. The second kappa shape index (κ2) is 4.34. The summed E-state index contributed by atoms with van der Waals surface area (Å²) < 4.78 is 13.1. The van der Waals surface area contributed by atoms with Crippen molar-refractivity contribution in [3.63, 3.8) is 0 Å². The summed E-state index contributed by atoms with van der Waals surface area (Å²) in [6.45, 7) is 7.46. The van der Waals surface area contributed by atoms with Gasteiger partial charge >= 0.3 is 0 Å². The maximum Gasteiger partial charge on any atom is 0.180 e. The lowest BCUT2D eigenvalue weighted by atomic mass is 9.82. The first-order valence-corrected chi connectivity index (χ1v) is 5.29. The van der Waals surface area contributed by atoms with Gasteiger partial charge in [-0.1, -0.05) is 26.8 Å². The first-order valence-electron chi connectivity index (χ1n) is 5.29. The third kappa shape index (κ3) is 2.67. The summed E-state index contributed by atoms with van der Waals surface area (Å²) in [5.41, 5.74) is 6.68. The third-order valence-corrected chi connectivity index (χ3v) is 2.68. The van der Waals surface area contributed by atoms with Crippen LogP contribution < -0.4 is 5.73 Å². The summed E-state index contributed by atoms with van der Waals surface area (Å²) >= 11 is 0. The summed E-state index contributed by atoms with van der Waals surface area (Å²) in [5, 5.41) is 0. The van der Waals surface area contributed by atoms with Crippen molar-refractivity contribution in [3.8, 4) is 0 Å². The van der Waals surface area contributed by atoms with E-state index in [2.05, 4.69) is 0 Å². The van der Waals surface area contributed by atoms with Crippen LogP contribution in [0.5, 0.6) is 0 Å². The lowest BCUT2D eigenvalue weighted by Gasteiger charge is -2.26. The van der Waals surface area contributed by atoms with Crippen LogP contribution in [0.4, 0.5) is 4.39 Å². The van der Waals surface area contributed by atoms with E-state index in [0.29, 0.717) is 5.56 Å². The SMILES string of the molecule is Cc1ccc(F)cc1C(=O)C(N)C(C)(C)C. The van der Waals surface area contributed by atoms with Gasteiger partial charge in [-0.25, -0.2) is 4.39 Å². The molecule has 1 aromatic rings. The summed E-state index contributed by atoms with van der Waals surface area (Å²) in [5.74, 6) is -0.612. The number of hydrogen-bond acceptors (Lipinski definition) is 2. The highest BCUT2D eigenvalue weighted by molar-refractivity contribution is 6.01. The summed E-state index contributed by atoms with van der Waals surface area (Å²) in [6.07, 6.45) is 0. The normalized spacial score (nSPS) is 13.6. The Balaban J connectivity index is 3.10. The van der Waals surface area contributed by atoms with E-state index in [9.17, 15) is 9.18 Å². The Labute approximate surface area is 95.7 Å².